The van der Waals surface area contributed by atoms with Crippen molar-refractivity contribution in [2.75, 3.05) is 12.4 Å². The van der Waals surface area contributed by atoms with Crippen LogP contribution >= 0.6 is 0 Å². The van der Waals surface area contributed by atoms with E-state index in [9.17, 15) is 18.0 Å². The second-order valence-corrected chi connectivity index (χ2v) is 5.62. The van der Waals surface area contributed by atoms with Crippen LogP contribution in [-0.2, 0) is 24.3 Å². The van der Waals surface area contributed by atoms with Gasteiger partial charge in [0.2, 0.25) is 10.0 Å². The van der Waals surface area contributed by atoms with E-state index in [-0.39, 0.29) is 13.0 Å². The van der Waals surface area contributed by atoms with Gasteiger partial charge in [-0.15, -0.1) is 0 Å². The normalized spacial score (nSPS) is 13.0. The van der Waals surface area contributed by atoms with Crippen LogP contribution in [0.5, 0.6) is 0 Å². The molecule has 2 N–H and O–H groups in total. The number of aliphatic carboxylic acids is 1. The molecule has 0 aliphatic heterocycles. The second kappa shape index (κ2) is 8.04. The molecule has 8 heteroatoms. The summed E-state index contributed by atoms with van der Waals surface area (Å²) in [5.74, 6) is -2.44. The second-order valence-electron chi connectivity index (χ2n) is 3.87. The molecule has 18 heavy (non-hydrogen) atoms. The predicted molar refractivity (Wildman–Crippen MR) is 64.5 cm³/mol. The van der Waals surface area contributed by atoms with Crippen LogP contribution in [0.4, 0.5) is 0 Å². The number of hydrogen-bond acceptors (Lipinski definition) is 5. The molecule has 0 saturated heterocycles. The van der Waals surface area contributed by atoms with Gasteiger partial charge in [0.15, 0.2) is 5.75 Å². The van der Waals surface area contributed by atoms with Gasteiger partial charge < -0.3 is 9.84 Å². The number of nitrogens with one attached hydrogen (secondary N) is 1. The summed E-state index contributed by atoms with van der Waals surface area (Å²) < 4.78 is 29.8. The highest BCUT2D eigenvalue weighted by atomic mass is 32.2. The van der Waals surface area contributed by atoms with E-state index in [1.807, 2.05) is 0 Å². The largest absolute Gasteiger partial charge is 0.481 e. The highest BCUT2D eigenvalue weighted by molar-refractivity contribution is 7.90. The molecule has 0 aromatic carbocycles. The van der Waals surface area contributed by atoms with Crippen molar-refractivity contribution in [3.63, 3.8) is 0 Å². The third-order valence-corrected chi connectivity index (χ3v) is 3.40. The summed E-state index contributed by atoms with van der Waals surface area (Å²) in [5.41, 5.74) is 0. The zero-order chi connectivity index (χ0) is 14.2. The molecule has 106 valence electrons. The quantitative estimate of drug-likeness (QED) is 0.581. The van der Waals surface area contributed by atoms with Crippen molar-refractivity contribution in [1.82, 2.24) is 4.72 Å². The Balaban J connectivity index is 4.07. The van der Waals surface area contributed by atoms with E-state index >= 15 is 0 Å². The minimum absolute atomic E-state index is 0.00998. The highest BCUT2D eigenvalue weighted by Crippen LogP contribution is 2.02. The zero-order valence-corrected chi connectivity index (χ0v) is 11.3. The van der Waals surface area contributed by atoms with Crippen molar-refractivity contribution in [2.24, 2.45) is 0 Å². The Bertz CT molecular complexity index is 378. The van der Waals surface area contributed by atoms with Gasteiger partial charge in [-0.3, -0.25) is 9.59 Å². The molecule has 1 unspecified atom stereocenters. The Labute approximate surface area is 107 Å². The Morgan fingerprint density at radius 3 is 2.50 bits per heavy atom. The Morgan fingerprint density at radius 2 is 2.00 bits per heavy atom. The molecule has 0 saturated carbocycles. The molecule has 0 heterocycles. The Kier molecular flexibility index (Phi) is 7.53. The van der Waals surface area contributed by atoms with Crippen LogP contribution in [0.15, 0.2) is 0 Å². The smallest absolute Gasteiger partial charge is 0.322 e. The van der Waals surface area contributed by atoms with Crippen LogP contribution in [0.3, 0.4) is 0 Å². The SMILES string of the molecule is CCOC(=O)CS(=O)(=O)NC(C)CCCC(=O)O. The predicted octanol–water partition coefficient (Wildman–Crippen LogP) is 0.112. The van der Waals surface area contributed by atoms with Gasteiger partial charge >= 0.3 is 11.9 Å². The molecule has 0 aliphatic carbocycles. The third kappa shape index (κ3) is 8.94. The summed E-state index contributed by atoms with van der Waals surface area (Å²) in [6.45, 7) is 3.33. The molecular weight excluding hydrogens is 262 g/mol. The molecule has 0 bridgehead atoms. The van der Waals surface area contributed by atoms with Crippen molar-refractivity contribution in [2.45, 2.75) is 39.2 Å². The number of ether oxygens (including phenoxy) is 1. The lowest BCUT2D eigenvalue weighted by Gasteiger charge is -2.13. The maximum Gasteiger partial charge on any atom is 0.322 e. The van der Waals surface area contributed by atoms with Crippen molar-refractivity contribution in [1.29, 1.82) is 0 Å². The van der Waals surface area contributed by atoms with Gasteiger partial charge in [0, 0.05) is 12.5 Å². The molecule has 0 aromatic rings. The van der Waals surface area contributed by atoms with Crippen molar-refractivity contribution in [3.8, 4) is 0 Å². The van der Waals surface area contributed by atoms with E-state index in [1.165, 1.54) is 0 Å². The lowest BCUT2D eigenvalue weighted by Crippen LogP contribution is -2.37. The van der Waals surface area contributed by atoms with Gasteiger partial charge in [-0.25, -0.2) is 13.1 Å². The number of carboxylic acids is 1. The van der Waals surface area contributed by atoms with Crippen LogP contribution in [0, 0.1) is 0 Å². The maximum absolute atomic E-state index is 11.5. The number of rotatable bonds is 9. The first-order valence-corrected chi connectivity index (χ1v) is 7.29. The number of carbonyl (C=O) groups excluding carboxylic acids is 1. The fourth-order valence-corrected chi connectivity index (χ4v) is 2.53. The first-order chi connectivity index (χ1) is 8.26. The van der Waals surface area contributed by atoms with Crippen LogP contribution < -0.4 is 4.72 Å². The van der Waals surface area contributed by atoms with E-state index in [1.54, 1.807) is 13.8 Å². The monoisotopic (exact) mass is 281 g/mol. The van der Waals surface area contributed by atoms with Crippen LogP contribution in [0.2, 0.25) is 0 Å². The molecule has 0 fully saturated rings. The lowest BCUT2D eigenvalue weighted by atomic mass is 10.1. The molecule has 0 spiro atoms. The highest BCUT2D eigenvalue weighted by Gasteiger charge is 2.19. The van der Waals surface area contributed by atoms with Crippen molar-refractivity contribution < 1.29 is 27.9 Å². The van der Waals surface area contributed by atoms with E-state index in [2.05, 4.69) is 9.46 Å². The molecular formula is C10H19NO6S. The van der Waals surface area contributed by atoms with E-state index in [0.29, 0.717) is 12.8 Å². The molecule has 0 aliphatic rings. The number of carbonyl (C=O) groups is 2. The molecule has 0 aromatic heterocycles. The lowest BCUT2D eigenvalue weighted by molar-refractivity contribution is -0.140. The molecule has 0 radical (unpaired) electrons. The molecule has 0 amide bonds. The summed E-state index contributed by atoms with van der Waals surface area (Å²) in [5, 5.41) is 8.44. The third-order valence-electron chi connectivity index (χ3n) is 2.02. The van der Waals surface area contributed by atoms with Gasteiger partial charge in [0.05, 0.1) is 6.61 Å². The summed E-state index contributed by atoms with van der Waals surface area (Å²) in [7, 11) is -3.72. The van der Waals surface area contributed by atoms with Crippen LogP contribution in [-0.4, -0.2) is 43.9 Å². The first-order valence-electron chi connectivity index (χ1n) is 5.64. The minimum Gasteiger partial charge on any atom is -0.481 e. The molecule has 0 rings (SSSR count). The van der Waals surface area contributed by atoms with E-state index in [0.717, 1.165) is 0 Å². The maximum atomic E-state index is 11.5. The average molecular weight is 281 g/mol. The average Bonchev–Trinajstić information content (AvgIpc) is 2.14. The van der Waals surface area contributed by atoms with Crippen molar-refractivity contribution in [3.05, 3.63) is 0 Å². The number of carboxylic acid groups (broad SMARTS) is 1. The minimum atomic E-state index is -3.72. The van der Waals surface area contributed by atoms with Gasteiger partial charge in [0.1, 0.15) is 0 Å². The number of esters is 1. The van der Waals surface area contributed by atoms with E-state index in [4.69, 9.17) is 5.11 Å². The molecule has 1 atom stereocenters. The van der Waals surface area contributed by atoms with Gasteiger partial charge in [0.25, 0.3) is 0 Å². The standard InChI is InChI=1S/C10H19NO6S/c1-3-17-10(14)7-18(15,16)11-8(2)5-4-6-9(12)13/h8,11H,3-7H2,1-2H3,(H,12,13). The van der Waals surface area contributed by atoms with Gasteiger partial charge in [-0.2, -0.15) is 0 Å². The van der Waals surface area contributed by atoms with E-state index < -0.39 is 33.8 Å². The molecule has 7 nitrogen and oxygen atoms in total. The topological polar surface area (TPSA) is 110 Å². The van der Waals surface area contributed by atoms with Crippen molar-refractivity contribution >= 4 is 22.0 Å². The fourth-order valence-electron chi connectivity index (χ4n) is 1.32. The van der Waals surface area contributed by atoms with Gasteiger partial charge in [-0.1, -0.05) is 0 Å². The fraction of sp³-hybridized carbons (Fsp3) is 0.800. The van der Waals surface area contributed by atoms with Crippen LogP contribution in [0.25, 0.3) is 0 Å². The summed E-state index contributed by atoms with van der Waals surface area (Å²) in [6, 6.07) is -0.413. The Morgan fingerprint density at radius 1 is 1.39 bits per heavy atom. The van der Waals surface area contributed by atoms with Gasteiger partial charge in [-0.05, 0) is 26.7 Å². The summed E-state index contributed by atoms with van der Waals surface area (Å²) >= 11 is 0. The number of hydrogen-bond donors (Lipinski definition) is 2. The summed E-state index contributed by atoms with van der Waals surface area (Å²) in [4.78, 5) is 21.3. The first kappa shape index (κ1) is 16.9. The number of sulfonamides is 1. The summed E-state index contributed by atoms with van der Waals surface area (Å²) in [6.07, 6.45) is 0.761. The zero-order valence-electron chi connectivity index (χ0n) is 10.5. The van der Waals surface area contributed by atoms with Crippen LogP contribution in [0.1, 0.15) is 33.1 Å². The Hall–Kier alpha value is -1.15.